The van der Waals surface area contributed by atoms with Gasteiger partial charge in [0, 0.05) is 5.56 Å². The summed E-state index contributed by atoms with van der Waals surface area (Å²) in [5.74, 6) is -0.280. The SMILES string of the molecule is CN(C)C1(C(=O)c2cccc(F)c2)CCCCC1. The van der Waals surface area contributed by atoms with E-state index in [0.29, 0.717) is 5.56 Å². The van der Waals surface area contributed by atoms with E-state index in [4.69, 9.17) is 0 Å². The lowest BCUT2D eigenvalue weighted by atomic mass is 9.75. The molecule has 0 aliphatic heterocycles. The van der Waals surface area contributed by atoms with Gasteiger partial charge in [-0.05, 0) is 39.1 Å². The zero-order valence-electron chi connectivity index (χ0n) is 11.1. The van der Waals surface area contributed by atoms with Crippen molar-refractivity contribution in [1.82, 2.24) is 4.90 Å². The van der Waals surface area contributed by atoms with Crippen LogP contribution in [0, 0.1) is 5.82 Å². The molecular weight excluding hydrogens is 229 g/mol. The molecule has 2 rings (SSSR count). The number of Topliss-reactive ketones (excluding diaryl/α,β-unsaturated/α-hetero) is 1. The van der Waals surface area contributed by atoms with Crippen LogP contribution in [0.15, 0.2) is 24.3 Å². The average molecular weight is 249 g/mol. The molecule has 0 atom stereocenters. The Balaban J connectivity index is 2.34. The van der Waals surface area contributed by atoms with Crippen LogP contribution in [0.25, 0.3) is 0 Å². The third kappa shape index (κ3) is 2.32. The highest BCUT2D eigenvalue weighted by Gasteiger charge is 2.41. The second kappa shape index (κ2) is 5.19. The lowest BCUT2D eigenvalue weighted by molar-refractivity contribution is 0.0563. The molecule has 0 bridgehead atoms. The number of carbonyl (C=O) groups is 1. The molecule has 0 amide bonds. The maximum atomic E-state index is 13.3. The lowest BCUT2D eigenvalue weighted by Crippen LogP contribution is -2.52. The first kappa shape index (κ1) is 13.2. The van der Waals surface area contributed by atoms with Gasteiger partial charge in [-0.15, -0.1) is 0 Å². The van der Waals surface area contributed by atoms with Crippen molar-refractivity contribution in [2.45, 2.75) is 37.6 Å². The van der Waals surface area contributed by atoms with E-state index in [2.05, 4.69) is 0 Å². The summed E-state index contributed by atoms with van der Waals surface area (Å²) >= 11 is 0. The van der Waals surface area contributed by atoms with E-state index in [1.807, 2.05) is 19.0 Å². The van der Waals surface area contributed by atoms with Gasteiger partial charge < -0.3 is 0 Å². The second-order valence-electron chi connectivity index (χ2n) is 5.33. The zero-order chi connectivity index (χ0) is 13.2. The molecule has 0 radical (unpaired) electrons. The highest BCUT2D eigenvalue weighted by molar-refractivity contribution is 6.03. The molecule has 0 saturated heterocycles. The predicted molar refractivity (Wildman–Crippen MR) is 70.2 cm³/mol. The number of halogens is 1. The van der Waals surface area contributed by atoms with Crippen molar-refractivity contribution in [3.8, 4) is 0 Å². The molecule has 0 N–H and O–H groups in total. The summed E-state index contributed by atoms with van der Waals surface area (Å²) in [6.07, 6.45) is 5.06. The number of hydrogen-bond acceptors (Lipinski definition) is 2. The Morgan fingerprint density at radius 3 is 2.44 bits per heavy atom. The Kier molecular flexibility index (Phi) is 3.81. The maximum absolute atomic E-state index is 13.3. The van der Waals surface area contributed by atoms with Gasteiger partial charge in [0.25, 0.3) is 0 Å². The van der Waals surface area contributed by atoms with Crippen molar-refractivity contribution < 1.29 is 9.18 Å². The smallest absolute Gasteiger partial charge is 0.183 e. The Morgan fingerprint density at radius 1 is 1.22 bits per heavy atom. The molecule has 1 aromatic carbocycles. The van der Waals surface area contributed by atoms with Crippen LogP contribution in [0.1, 0.15) is 42.5 Å². The average Bonchev–Trinajstić information content (AvgIpc) is 2.38. The van der Waals surface area contributed by atoms with Gasteiger partial charge in [-0.1, -0.05) is 31.4 Å². The summed E-state index contributed by atoms with van der Waals surface area (Å²) in [5, 5.41) is 0. The number of ketones is 1. The standard InChI is InChI=1S/C15H20FNO/c1-17(2)15(9-4-3-5-10-15)14(18)12-7-6-8-13(16)11-12/h6-8,11H,3-5,9-10H2,1-2H3. The number of benzene rings is 1. The van der Waals surface area contributed by atoms with E-state index < -0.39 is 5.54 Å². The summed E-state index contributed by atoms with van der Waals surface area (Å²) in [5.41, 5.74) is 0.0528. The van der Waals surface area contributed by atoms with Crippen LogP contribution >= 0.6 is 0 Å². The van der Waals surface area contributed by atoms with E-state index in [1.165, 1.54) is 18.6 Å². The summed E-state index contributed by atoms with van der Waals surface area (Å²) in [6, 6.07) is 6.04. The Hall–Kier alpha value is -1.22. The largest absolute Gasteiger partial charge is 0.297 e. The molecular formula is C15H20FNO. The second-order valence-corrected chi connectivity index (χ2v) is 5.33. The van der Waals surface area contributed by atoms with Gasteiger partial charge in [0.1, 0.15) is 5.82 Å². The third-order valence-electron chi connectivity index (χ3n) is 4.05. The summed E-state index contributed by atoms with van der Waals surface area (Å²) in [7, 11) is 3.89. The Bertz CT molecular complexity index is 436. The van der Waals surface area contributed by atoms with Gasteiger partial charge in [0.2, 0.25) is 0 Å². The van der Waals surface area contributed by atoms with Crippen molar-refractivity contribution >= 4 is 5.78 Å². The van der Waals surface area contributed by atoms with Crippen LogP contribution in [-0.2, 0) is 0 Å². The molecule has 98 valence electrons. The van der Waals surface area contributed by atoms with E-state index in [1.54, 1.807) is 12.1 Å². The number of nitrogens with zero attached hydrogens (tertiary/aromatic N) is 1. The Labute approximate surface area is 108 Å². The van der Waals surface area contributed by atoms with Crippen LogP contribution in [0.2, 0.25) is 0 Å². The van der Waals surface area contributed by atoms with E-state index in [9.17, 15) is 9.18 Å². The Morgan fingerprint density at radius 2 is 1.89 bits per heavy atom. The van der Waals surface area contributed by atoms with Gasteiger partial charge in [0.05, 0.1) is 5.54 Å². The third-order valence-corrected chi connectivity index (χ3v) is 4.05. The fraction of sp³-hybridized carbons (Fsp3) is 0.533. The first-order valence-corrected chi connectivity index (χ1v) is 6.54. The fourth-order valence-corrected chi connectivity index (χ4v) is 2.91. The van der Waals surface area contributed by atoms with Crippen LogP contribution in [-0.4, -0.2) is 30.3 Å². The monoisotopic (exact) mass is 249 g/mol. The predicted octanol–water partition coefficient (Wildman–Crippen LogP) is 3.27. The van der Waals surface area contributed by atoms with Crippen LogP contribution in [0.5, 0.6) is 0 Å². The molecule has 1 aromatic rings. The first-order chi connectivity index (χ1) is 8.56. The lowest BCUT2D eigenvalue weighted by Gasteiger charge is -2.41. The number of likely N-dealkylation sites (N-methyl/N-ethyl adjacent to an activating group) is 1. The quantitative estimate of drug-likeness (QED) is 0.766. The van der Waals surface area contributed by atoms with E-state index in [0.717, 1.165) is 25.7 Å². The normalized spacial score (nSPS) is 18.9. The first-order valence-electron chi connectivity index (χ1n) is 6.54. The minimum absolute atomic E-state index is 0.0618. The van der Waals surface area contributed by atoms with Gasteiger partial charge >= 0.3 is 0 Å². The maximum Gasteiger partial charge on any atom is 0.183 e. The molecule has 3 heteroatoms. The number of rotatable bonds is 3. The van der Waals surface area contributed by atoms with Crippen LogP contribution in [0.3, 0.4) is 0 Å². The molecule has 0 unspecified atom stereocenters. The van der Waals surface area contributed by atoms with Crippen molar-refractivity contribution in [3.63, 3.8) is 0 Å². The topological polar surface area (TPSA) is 20.3 Å². The van der Waals surface area contributed by atoms with Crippen molar-refractivity contribution in [2.24, 2.45) is 0 Å². The van der Waals surface area contributed by atoms with Gasteiger partial charge in [-0.3, -0.25) is 9.69 Å². The number of hydrogen-bond donors (Lipinski definition) is 0. The molecule has 1 aliphatic rings. The molecule has 18 heavy (non-hydrogen) atoms. The van der Waals surface area contributed by atoms with Gasteiger partial charge in [-0.25, -0.2) is 4.39 Å². The van der Waals surface area contributed by atoms with Crippen molar-refractivity contribution in [3.05, 3.63) is 35.6 Å². The van der Waals surface area contributed by atoms with Crippen molar-refractivity contribution in [1.29, 1.82) is 0 Å². The van der Waals surface area contributed by atoms with Crippen LogP contribution < -0.4 is 0 Å². The minimum atomic E-state index is -0.438. The fourth-order valence-electron chi connectivity index (χ4n) is 2.91. The molecule has 1 fully saturated rings. The molecule has 0 spiro atoms. The highest BCUT2D eigenvalue weighted by atomic mass is 19.1. The molecule has 2 nitrogen and oxygen atoms in total. The molecule has 0 aromatic heterocycles. The van der Waals surface area contributed by atoms with E-state index in [-0.39, 0.29) is 11.6 Å². The van der Waals surface area contributed by atoms with E-state index >= 15 is 0 Å². The molecule has 1 saturated carbocycles. The molecule has 0 heterocycles. The summed E-state index contributed by atoms with van der Waals surface area (Å²) in [4.78, 5) is 14.7. The van der Waals surface area contributed by atoms with Crippen LogP contribution in [0.4, 0.5) is 4.39 Å². The number of carbonyl (C=O) groups excluding carboxylic acids is 1. The van der Waals surface area contributed by atoms with Gasteiger partial charge in [-0.2, -0.15) is 0 Å². The van der Waals surface area contributed by atoms with Gasteiger partial charge in [0.15, 0.2) is 5.78 Å². The molecule has 1 aliphatic carbocycles. The van der Waals surface area contributed by atoms with Crippen molar-refractivity contribution in [2.75, 3.05) is 14.1 Å². The summed E-state index contributed by atoms with van der Waals surface area (Å²) in [6.45, 7) is 0. The summed E-state index contributed by atoms with van der Waals surface area (Å²) < 4.78 is 13.3. The zero-order valence-corrected chi connectivity index (χ0v) is 11.1. The highest BCUT2D eigenvalue weighted by Crippen LogP contribution is 2.35. The minimum Gasteiger partial charge on any atom is -0.297 e.